The van der Waals surface area contributed by atoms with Gasteiger partial charge in [0.15, 0.2) is 8.07 Å². The fraction of sp³-hybridized carbons (Fsp3) is 0.0667. The first-order chi connectivity index (χ1) is 23.6. The summed E-state index contributed by atoms with van der Waals surface area (Å²) in [5.41, 5.74) is 7.92. The van der Waals surface area contributed by atoms with E-state index in [9.17, 15) is 0 Å². The fourth-order valence-corrected chi connectivity index (χ4v) is 12.9. The Labute approximate surface area is 282 Å². The minimum absolute atomic E-state index is 0.106. The molecule has 0 fully saturated rings. The molecule has 0 amide bonds. The van der Waals surface area contributed by atoms with Crippen molar-refractivity contribution in [2.75, 3.05) is 4.90 Å². The number of hydrogen-bond donors (Lipinski definition) is 0. The summed E-state index contributed by atoms with van der Waals surface area (Å²) >= 11 is 0. The SMILES string of the molecule is CC1(C)c2ccccc2N(c2ccc3oc4ccc([Si](c5ccccc5)(c5ccccc5)c5ccccc5)cc4c3c2)c2ccccc21. The normalized spacial score (nSPS) is 13.8. The zero-order valence-electron chi connectivity index (χ0n) is 27.1. The molecule has 0 saturated carbocycles. The van der Waals surface area contributed by atoms with E-state index in [1.807, 2.05) is 0 Å². The molecule has 9 rings (SSSR count). The second kappa shape index (κ2) is 11.0. The molecule has 0 N–H and O–H groups in total. The standard InChI is InChI=1S/C45H35NOSi/c1-45(2)39-22-12-14-24-41(39)46(42-25-15-13-23-40(42)45)32-26-28-43-37(30-32)38-31-36(27-29-44(38)47-43)48(33-16-6-3-7-17-33,34-18-8-4-9-19-34)35-20-10-5-11-21-35/h3-31H,1-2H3. The van der Waals surface area contributed by atoms with Crippen LogP contribution < -0.4 is 25.6 Å². The van der Waals surface area contributed by atoms with Crippen LogP contribution in [0.1, 0.15) is 25.0 Å². The summed E-state index contributed by atoms with van der Waals surface area (Å²) in [6.45, 7) is 4.66. The van der Waals surface area contributed by atoms with Gasteiger partial charge in [-0.15, -0.1) is 0 Å². The minimum Gasteiger partial charge on any atom is -0.456 e. The molecule has 0 saturated heterocycles. The van der Waals surface area contributed by atoms with E-state index in [1.54, 1.807) is 0 Å². The molecule has 0 radical (unpaired) electrons. The van der Waals surface area contributed by atoms with Gasteiger partial charge in [-0.1, -0.05) is 153 Å². The maximum Gasteiger partial charge on any atom is 0.179 e. The summed E-state index contributed by atoms with van der Waals surface area (Å²) < 4.78 is 6.55. The van der Waals surface area contributed by atoms with Crippen LogP contribution in [-0.2, 0) is 5.41 Å². The third-order valence-corrected chi connectivity index (χ3v) is 15.2. The molecule has 1 aliphatic rings. The van der Waals surface area contributed by atoms with E-state index in [-0.39, 0.29) is 5.41 Å². The van der Waals surface area contributed by atoms with Gasteiger partial charge in [0.05, 0.1) is 11.4 Å². The van der Waals surface area contributed by atoms with Gasteiger partial charge in [0.1, 0.15) is 11.2 Å². The Balaban J connectivity index is 1.30. The van der Waals surface area contributed by atoms with Gasteiger partial charge in [0.25, 0.3) is 0 Å². The third kappa shape index (κ3) is 4.18. The van der Waals surface area contributed by atoms with E-state index < -0.39 is 8.07 Å². The lowest BCUT2D eigenvalue weighted by atomic mass is 9.73. The van der Waals surface area contributed by atoms with Gasteiger partial charge in [-0.25, -0.2) is 0 Å². The van der Waals surface area contributed by atoms with Crippen LogP contribution in [0.2, 0.25) is 0 Å². The van der Waals surface area contributed by atoms with Crippen molar-refractivity contribution in [3.05, 3.63) is 187 Å². The minimum atomic E-state index is -2.69. The van der Waals surface area contributed by atoms with Crippen molar-refractivity contribution >= 4 is 67.8 Å². The lowest BCUT2D eigenvalue weighted by Crippen LogP contribution is -2.74. The molecule has 1 aliphatic heterocycles. The van der Waals surface area contributed by atoms with E-state index in [0.29, 0.717) is 0 Å². The van der Waals surface area contributed by atoms with E-state index in [4.69, 9.17) is 4.42 Å². The van der Waals surface area contributed by atoms with Gasteiger partial charge in [-0.05, 0) is 68.3 Å². The quantitative estimate of drug-likeness (QED) is 0.139. The van der Waals surface area contributed by atoms with E-state index in [1.165, 1.54) is 43.2 Å². The first kappa shape index (κ1) is 28.6. The molecule has 0 unspecified atom stereocenters. The van der Waals surface area contributed by atoms with Crippen molar-refractivity contribution in [2.24, 2.45) is 0 Å². The van der Waals surface area contributed by atoms with E-state index >= 15 is 0 Å². The summed E-state index contributed by atoms with van der Waals surface area (Å²) in [4.78, 5) is 2.43. The van der Waals surface area contributed by atoms with Crippen LogP contribution in [0.25, 0.3) is 21.9 Å². The Hall–Kier alpha value is -5.64. The Morgan fingerprint density at radius 2 is 0.875 bits per heavy atom. The molecule has 0 aliphatic carbocycles. The largest absolute Gasteiger partial charge is 0.456 e. The molecule has 2 heterocycles. The van der Waals surface area contributed by atoms with Crippen molar-refractivity contribution in [1.29, 1.82) is 0 Å². The number of fused-ring (bicyclic) bond motifs is 5. The van der Waals surface area contributed by atoms with Crippen LogP contribution in [0.4, 0.5) is 17.1 Å². The molecular formula is C45H35NOSi. The van der Waals surface area contributed by atoms with Gasteiger partial charge in [0, 0.05) is 21.9 Å². The molecule has 8 aromatic rings. The molecule has 48 heavy (non-hydrogen) atoms. The van der Waals surface area contributed by atoms with Gasteiger partial charge in [-0.3, -0.25) is 0 Å². The Bertz CT molecular complexity index is 2280. The van der Waals surface area contributed by atoms with Crippen LogP contribution in [0, 0.1) is 0 Å². The van der Waals surface area contributed by atoms with Crippen LogP contribution in [0.3, 0.4) is 0 Å². The Kier molecular flexibility index (Phi) is 6.53. The molecular weight excluding hydrogens is 599 g/mol. The first-order valence-electron chi connectivity index (χ1n) is 16.7. The maximum absolute atomic E-state index is 6.55. The predicted molar refractivity (Wildman–Crippen MR) is 204 cm³/mol. The highest BCUT2D eigenvalue weighted by Gasteiger charge is 2.42. The van der Waals surface area contributed by atoms with Crippen molar-refractivity contribution in [2.45, 2.75) is 19.3 Å². The summed E-state index contributed by atoms with van der Waals surface area (Å²) in [5.74, 6) is 0. The average molecular weight is 634 g/mol. The van der Waals surface area contributed by atoms with Gasteiger partial charge < -0.3 is 9.32 Å². The number of nitrogens with zero attached hydrogens (tertiary/aromatic N) is 1. The number of rotatable bonds is 5. The van der Waals surface area contributed by atoms with Crippen molar-refractivity contribution in [3.8, 4) is 0 Å². The molecule has 3 heteroatoms. The lowest BCUT2D eigenvalue weighted by Gasteiger charge is -2.42. The topological polar surface area (TPSA) is 16.4 Å². The maximum atomic E-state index is 6.55. The number of hydrogen-bond acceptors (Lipinski definition) is 2. The molecule has 0 bridgehead atoms. The van der Waals surface area contributed by atoms with Gasteiger partial charge in [-0.2, -0.15) is 0 Å². The monoisotopic (exact) mass is 633 g/mol. The first-order valence-corrected chi connectivity index (χ1v) is 18.7. The summed E-state index contributed by atoms with van der Waals surface area (Å²) in [6, 6.07) is 64.6. The molecule has 1 aromatic heterocycles. The molecule has 2 nitrogen and oxygen atoms in total. The van der Waals surface area contributed by atoms with Crippen LogP contribution in [0.15, 0.2) is 180 Å². The van der Waals surface area contributed by atoms with Gasteiger partial charge >= 0.3 is 0 Å². The fourth-order valence-electron chi connectivity index (χ4n) is 8.15. The average Bonchev–Trinajstić information content (AvgIpc) is 3.51. The number of para-hydroxylation sites is 2. The lowest BCUT2D eigenvalue weighted by molar-refractivity contribution is 0.632. The second-order valence-electron chi connectivity index (χ2n) is 13.3. The Morgan fingerprint density at radius 1 is 0.438 bits per heavy atom. The highest BCUT2D eigenvalue weighted by atomic mass is 28.3. The summed E-state index contributed by atoms with van der Waals surface area (Å²) in [6.07, 6.45) is 0. The number of anilines is 3. The smallest absolute Gasteiger partial charge is 0.179 e. The van der Waals surface area contributed by atoms with Crippen LogP contribution in [-0.4, -0.2) is 8.07 Å². The zero-order valence-corrected chi connectivity index (χ0v) is 28.1. The van der Waals surface area contributed by atoms with Crippen molar-refractivity contribution in [3.63, 3.8) is 0 Å². The summed E-state index contributed by atoms with van der Waals surface area (Å²) in [5, 5.41) is 7.68. The number of furan rings is 1. The van der Waals surface area contributed by atoms with Crippen molar-refractivity contribution in [1.82, 2.24) is 0 Å². The molecule has 0 atom stereocenters. The van der Waals surface area contributed by atoms with Crippen molar-refractivity contribution < 1.29 is 4.42 Å². The molecule has 7 aromatic carbocycles. The van der Waals surface area contributed by atoms with Crippen LogP contribution >= 0.6 is 0 Å². The molecule has 230 valence electrons. The van der Waals surface area contributed by atoms with Gasteiger partial charge in [0.2, 0.25) is 0 Å². The summed E-state index contributed by atoms with van der Waals surface area (Å²) in [7, 11) is -2.69. The highest BCUT2D eigenvalue weighted by molar-refractivity contribution is 7.20. The predicted octanol–water partition coefficient (Wildman–Crippen LogP) is 9.07. The molecule has 0 spiro atoms. The van der Waals surface area contributed by atoms with E-state index in [0.717, 1.165) is 27.6 Å². The van der Waals surface area contributed by atoms with Crippen LogP contribution in [0.5, 0.6) is 0 Å². The Morgan fingerprint density at radius 3 is 1.40 bits per heavy atom. The second-order valence-corrected chi connectivity index (χ2v) is 17.1. The number of benzene rings is 7. The third-order valence-electron chi connectivity index (χ3n) is 10.4. The highest BCUT2D eigenvalue weighted by Crippen LogP contribution is 2.52. The van der Waals surface area contributed by atoms with E-state index in [2.05, 4.69) is 195 Å². The zero-order chi connectivity index (χ0) is 32.3.